The number of imidazole rings is 1. The number of nitrogens with zero attached hydrogens (tertiary/aromatic N) is 4. The number of sulfone groups is 1. The van der Waals surface area contributed by atoms with Crippen LogP contribution in [0.25, 0.3) is 5.65 Å². The molecule has 0 aromatic carbocycles. The Kier molecular flexibility index (Phi) is 4.19. The lowest BCUT2D eigenvalue weighted by Gasteiger charge is -2.14. The number of aryl methyl sites for hydroxylation is 1. The molecule has 11 heteroatoms. The van der Waals surface area contributed by atoms with Crippen molar-refractivity contribution in [2.45, 2.75) is 31.6 Å². The van der Waals surface area contributed by atoms with Gasteiger partial charge >= 0.3 is 6.18 Å². The molecule has 29 heavy (non-hydrogen) atoms. The summed E-state index contributed by atoms with van der Waals surface area (Å²) in [5.41, 5.74) is 0.0317. The van der Waals surface area contributed by atoms with E-state index in [1.807, 2.05) is 6.92 Å². The Morgan fingerprint density at radius 3 is 2.62 bits per heavy atom. The van der Waals surface area contributed by atoms with Gasteiger partial charge in [-0.25, -0.2) is 13.4 Å². The van der Waals surface area contributed by atoms with E-state index in [0.29, 0.717) is 11.8 Å². The van der Waals surface area contributed by atoms with Crippen molar-refractivity contribution in [3.63, 3.8) is 0 Å². The molecular weight excluding hydrogens is 409 g/mol. The van der Waals surface area contributed by atoms with Crippen LogP contribution in [0, 0.1) is 6.92 Å². The van der Waals surface area contributed by atoms with Crippen LogP contribution in [-0.2, 0) is 22.6 Å². The SMILES string of the molecule is CCS(=O)(=O)c1c(N2Cc3ncc(C(F)(F)F)cc3C2=O)nc2cc(C)ccn12. The number of anilines is 1. The van der Waals surface area contributed by atoms with Crippen LogP contribution in [0.5, 0.6) is 0 Å². The third-order valence-electron chi connectivity index (χ3n) is 4.73. The Morgan fingerprint density at radius 2 is 1.97 bits per heavy atom. The molecule has 0 saturated carbocycles. The minimum Gasteiger partial charge on any atom is -0.289 e. The number of aromatic nitrogens is 3. The van der Waals surface area contributed by atoms with E-state index in [1.165, 1.54) is 17.5 Å². The van der Waals surface area contributed by atoms with Crippen LogP contribution in [0.15, 0.2) is 35.6 Å². The van der Waals surface area contributed by atoms with Crippen LogP contribution in [0.2, 0.25) is 0 Å². The normalized spacial score (nSPS) is 14.7. The van der Waals surface area contributed by atoms with E-state index in [-0.39, 0.29) is 34.4 Å². The Bertz CT molecular complexity index is 1270. The highest BCUT2D eigenvalue weighted by molar-refractivity contribution is 7.91. The van der Waals surface area contributed by atoms with E-state index < -0.39 is 27.5 Å². The summed E-state index contributed by atoms with van der Waals surface area (Å²) >= 11 is 0. The zero-order valence-corrected chi connectivity index (χ0v) is 16.2. The number of amides is 1. The lowest BCUT2D eigenvalue weighted by molar-refractivity contribution is -0.137. The van der Waals surface area contributed by atoms with Crippen LogP contribution in [0.4, 0.5) is 19.0 Å². The Morgan fingerprint density at radius 1 is 1.24 bits per heavy atom. The Balaban J connectivity index is 1.89. The first-order valence-corrected chi connectivity index (χ1v) is 10.3. The summed E-state index contributed by atoms with van der Waals surface area (Å²) in [6.45, 7) is 3.10. The summed E-state index contributed by atoms with van der Waals surface area (Å²) in [4.78, 5) is 22.0. The van der Waals surface area contributed by atoms with Gasteiger partial charge in [-0.2, -0.15) is 13.2 Å². The molecule has 4 rings (SSSR count). The average Bonchev–Trinajstić information content (AvgIpc) is 3.18. The van der Waals surface area contributed by atoms with Crippen LogP contribution in [-0.4, -0.2) is 34.4 Å². The number of pyridine rings is 2. The highest BCUT2D eigenvalue weighted by Gasteiger charge is 2.39. The summed E-state index contributed by atoms with van der Waals surface area (Å²) in [6.07, 6.45) is -2.45. The monoisotopic (exact) mass is 424 g/mol. The molecule has 4 heterocycles. The molecule has 1 amide bonds. The molecule has 0 radical (unpaired) electrons. The fourth-order valence-electron chi connectivity index (χ4n) is 3.21. The second-order valence-corrected chi connectivity index (χ2v) is 8.88. The van der Waals surface area contributed by atoms with Gasteiger partial charge in [0, 0.05) is 12.4 Å². The first-order valence-electron chi connectivity index (χ1n) is 8.62. The smallest absolute Gasteiger partial charge is 0.289 e. The number of halogens is 3. The summed E-state index contributed by atoms with van der Waals surface area (Å²) in [7, 11) is -3.80. The lowest BCUT2D eigenvalue weighted by atomic mass is 10.1. The third-order valence-corrected chi connectivity index (χ3v) is 6.46. The lowest BCUT2D eigenvalue weighted by Crippen LogP contribution is -2.26. The fourth-order valence-corrected chi connectivity index (χ4v) is 4.37. The Hall–Kier alpha value is -2.95. The van der Waals surface area contributed by atoms with Gasteiger partial charge in [0.1, 0.15) is 5.65 Å². The maximum Gasteiger partial charge on any atom is 0.417 e. The van der Waals surface area contributed by atoms with Crippen molar-refractivity contribution in [3.8, 4) is 0 Å². The molecule has 0 atom stereocenters. The van der Waals surface area contributed by atoms with Gasteiger partial charge in [0.25, 0.3) is 5.91 Å². The first-order chi connectivity index (χ1) is 13.5. The summed E-state index contributed by atoms with van der Waals surface area (Å²) < 4.78 is 65.8. The molecule has 0 fully saturated rings. The minimum absolute atomic E-state index is 0.117. The molecule has 0 bridgehead atoms. The molecule has 1 aliphatic heterocycles. The van der Waals surface area contributed by atoms with Crippen LogP contribution >= 0.6 is 0 Å². The van der Waals surface area contributed by atoms with Crippen LogP contribution in [0.3, 0.4) is 0 Å². The quantitative estimate of drug-likeness (QED) is 0.645. The molecule has 1 aliphatic rings. The third kappa shape index (κ3) is 3.05. The molecule has 0 spiro atoms. The first kappa shape index (κ1) is 19.4. The van der Waals surface area contributed by atoms with Crippen molar-refractivity contribution < 1.29 is 26.4 Å². The van der Waals surface area contributed by atoms with Gasteiger partial charge in [-0.15, -0.1) is 0 Å². The molecular formula is C18H15F3N4O3S. The van der Waals surface area contributed by atoms with Gasteiger partial charge in [-0.05, 0) is 30.7 Å². The van der Waals surface area contributed by atoms with Crippen molar-refractivity contribution in [3.05, 3.63) is 53.0 Å². The highest BCUT2D eigenvalue weighted by atomic mass is 32.2. The molecule has 3 aromatic rings. The van der Waals surface area contributed by atoms with Gasteiger partial charge in [-0.3, -0.25) is 19.1 Å². The number of carbonyl (C=O) groups excluding carboxylic acids is 1. The zero-order chi connectivity index (χ0) is 21.1. The van der Waals surface area contributed by atoms with E-state index in [4.69, 9.17) is 0 Å². The molecule has 0 saturated heterocycles. The second-order valence-electron chi connectivity index (χ2n) is 6.68. The number of fused-ring (bicyclic) bond motifs is 2. The standard InChI is InChI=1S/C18H15F3N4O3S/c1-3-29(27,28)17-15(23-14-6-10(2)4-5-24(14)17)25-9-13-12(16(25)26)7-11(8-22-13)18(19,20)21/h4-8H,3,9H2,1-2H3. The maximum absolute atomic E-state index is 13.0. The van der Waals surface area contributed by atoms with E-state index in [9.17, 15) is 26.4 Å². The molecule has 0 aliphatic carbocycles. The van der Waals surface area contributed by atoms with Gasteiger partial charge in [0.2, 0.25) is 0 Å². The van der Waals surface area contributed by atoms with Gasteiger partial charge in [0.05, 0.1) is 29.1 Å². The molecule has 0 N–H and O–H groups in total. The topological polar surface area (TPSA) is 84.6 Å². The van der Waals surface area contributed by atoms with Crippen molar-refractivity contribution in [1.29, 1.82) is 0 Å². The number of alkyl halides is 3. The molecule has 3 aromatic heterocycles. The van der Waals surface area contributed by atoms with Gasteiger partial charge < -0.3 is 0 Å². The fraction of sp³-hybridized carbons (Fsp3) is 0.278. The highest BCUT2D eigenvalue weighted by Crippen LogP contribution is 2.36. The number of carbonyl (C=O) groups is 1. The summed E-state index contributed by atoms with van der Waals surface area (Å²) in [5, 5.41) is -0.174. The molecule has 7 nitrogen and oxygen atoms in total. The zero-order valence-electron chi connectivity index (χ0n) is 15.4. The number of hydrogen-bond acceptors (Lipinski definition) is 5. The predicted molar refractivity (Wildman–Crippen MR) is 97.4 cm³/mol. The van der Waals surface area contributed by atoms with E-state index >= 15 is 0 Å². The van der Waals surface area contributed by atoms with Gasteiger partial charge in [0.15, 0.2) is 20.7 Å². The van der Waals surface area contributed by atoms with Crippen LogP contribution < -0.4 is 4.90 Å². The van der Waals surface area contributed by atoms with Crippen LogP contribution in [0.1, 0.15) is 34.1 Å². The van der Waals surface area contributed by atoms with E-state index in [0.717, 1.165) is 16.5 Å². The van der Waals surface area contributed by atoms with Crippen molar-refractivity contribution >= 4 is 27.2 Å². The maximum atomic E-state index is 13.0. The Labute approximate surface area is 163 Å². The summed E-state index contributed by atoms with van der Waals surface area (Å²) in [6, 6.07) is 4.09. The van der Waals surface area contributed by atoms with E-state index in [2.05, 4.69) is 9.97 Å². The van der Waals surface area contributed by atoms with Crippen molar-refractivity contribution in [1.82, 2.24) is 14.4 Å². The van der Waals surface area contributed by atoms with Crippen molar-refractivity contribution in [2.75, 3.05) is 10.7 Å². The van der Waals surface area contributed by atoms with E-state index in [1.54, 1.807) is 12.1 Å². The number of rotatable bonds is 3. The largest absolute Gasteiger partial charge is 0.417 e. The summed E-state index contributed by atoms with van der Waals surface area (Å²) in [5.74, 6) is -1.12. The molecule has 152 valence electrons. The number of hydrogen-bond donors (Lipinski definition) is 0. The molecule has 0 unspecified atom stereocenters. The average molecular weight is 424 g/mol. The minimum atomic E-state index is -4.65. The van der Waals surface area contributed by atoms with Gasteiger partial charge in [-0.1, -0.05) is 6.92 Å². The predicted octanol–water partition coefficient (Wildman–Crippen LogP) is 3.01. The van der Waals surface area contributed by atoms with Crippen molar-refractivity contribution in [2.24, 2.45) is 0 Å². The second kappa shape index (κ2) is 6.28.